The first kappa shape index (κ1) is 16.3. The number of rotatable bonds is 3. The van der Waals surface area contributed by atoms with Gasteiger partial charge in [0.1, 0.15) is 0 Å². The number of guanidine groups is 1. The van der Waals surface area contributed by atoms with Crippen LogP contribution in [0.25, 0.3) is 0 Å². The van der Waals surface area contributed by atoms with Crippen molar-refractivity contribution in [3.8, 4) is 0 Å². The van der Waals surface area contributed by atoms with Gasteiger partial charge in [0.15, 0.2) is 5.96 Å². The van der Waals surface area contributed by atoms with E-state index < -0.39 is 0 Å². The van der Waals surface area contributed by atoms with Crippen LogP contribution in [-0.4, -0.2) is 53.6 Å². The van der Waals surface area contributed by atoms with Gasteiger partial charge in [-0.25, -0.2) is 9.97 Å². The highest BCUT2D eigenvalue weighted by molar-refractivity contribution is 14.0. The first-order valence-corrected chi connectivity index (χ1v) is 7.40. The van der Waals surface area contributed by atoms with E-state index in [9.17, 15) is 0 Å². The zero-order chi connectivity index (χ0) is 13.8. The number of halogens is 1. The summed E-state index contributed by atoms with van der Waals surface area (Å²) in [7, 11) is 0. The van der Waals surface area contributed by atoms with E-state index in [2.05, 4.69) is 24.8 Å². The largest absolute Gasteiger partial charge is 0.370 e. The lowest BCUT2D eigenvalue weighted by molar-refractivity contribution is 0.322. The lowest BCUT2D eigenvalue weighted by atomic mass is 9.86. The van der Waals surface area contributed by atoms with Crippen LogP contribution in [0, 0.1) is 5.92 Å². The molecule has 116 valence electrons. The predicted molar refractivity (Wildman–Crippen MR) is 95.1 cm³/mol. The molecule has 0 atom stereocenters. The molecule has 2 N–H and O–H groups in total. The Hall–Kier alpha value is -1.12. The number of aliphatic imine (C=N–C) groups is 1. The molecule has 1 saturated carbocycles. The van der Waals surface area contributed by atoms with E-state index in [0.29, 0.717) is 5.96 Å². The van der Waals surface area contributed by atoms with Crippen LogP contribution >= 0.6 is 24.0 Å². The van der Waals surface area contributed by atoms with E-state index in [1.54, 1.807) is 12.4 Å². The highest BCUT2D eigenvalue weighted by Gasteiger charge is 2.21. The van der Waals surface area contributed by atoms with Crippen molar-refractivity contribution in [1.29, 1.82) is 0 Å². The van der Waals surface area contributed by atoms with Crippen molar-refractivity contribution in [2.24, 2.45) is 16.6 Å². The molecule has 1 saturated heterocycles. The molecule has 1 aromatic heterocycles. The third kappa shape index (κ3) is 4.18. The van der Waals surface area contributed by atoms with Crippen molar-refractivity contribution in [2.75, 3.05) is 37.6 Å². The van der Waals surface area contributed by atoms with Gasteiger partial charge in [-0.3, -0.25) is 4.99 Å². The van der Waals surface area contributed by atoms with Crippen LogP contribution in [0.5, 0.6) is 0 Å². The summed E-state index contributed by atoms with van der Waals surface area (Å²) < 4.78 is 0. The Kier molecular flexibility index (Phi) is 6.01. The summed E-state index contributed by atoms with van der Waals surface area (Å²) in [5.74, 6) is 2.27. The smallest absolute Gasteiger partial charge is 0.225 e. The summed E-state index contributed by atoms with van der Waals surface area (Å²) in [6.07, 6.45) is 7.55. The number of nitrogens with two attached hydrogens (primary N) is 1. The minimum atomic E-state index is 0. The summed E-state index contributed by atoms with van der Waals surface area (Å²) in [6, 6.07) is 1.84. The maximum Gasteiger partial charge on any atom is 0.225 e. The van der Waals surface area contributed by atoms with Crippen LogP contribution in [-0.2, 0) is 0 Å². The van der Waals surface area contributed by atoms with Gasteiger partial charge in [0, 0.05) is 45.1 Å². The summed E-state index contributed by atoms with van der Waals surface area (Å²) in [5.41, 5.74) is 6.09. The monoisotopic (exact) mass is 402 g/mol. The SMILES string of the molecule is I.NC(=NCC1CCC1)N1CCN(c2ncccn2)CC1. The van der Waals surface area contributed by atoms with Gasteiger partial charge in [0.2, 0.25) is 5.95 Å². The minimum absolute atomic E-state index is 0. The Balaban J connectivity index is 0.00000161. The fraction of sp³-hybridized carbons (Fsp3) is 0.643. The lowest BCUT2D eigenvalue weighted by Crippen LogP contribution is -2.51. The van der Waals surface area contributed by atoms with Crippen LogP contribution < -0.4 is 10.6 Å². The van der Waals surface area contributed by atoms with Gasteiger partial charge in [-0.15, -0.1) is 24.0 Å². The Bertz CT molecular complexity index is 454. The highest BCUT2D eigenvalue weighted by Crippen LogP contribution is 2.26. The number of nitrogens with zero attached hydrogens (tertiary/aromatic N) is 5. The summed E-state index contributed by atoms with van der Waals surface area (Å²) >= 11 is 0. The van der Waals surface area contributed by atoms with Crippen molar-refractivity contribution in [2.45, 2.75) is 19.3 Å². The average molecular weight is 402 g/mol. The zero-order valence-electron chi connectivity index (χ0n) is 12.2. The van der Waals surface area contributed by atoms with Crippen LogP contribution in [0.4, 0.5) is 5.95 Å². The van der Waals surface area contributed by atoms with Gasteiger partial charge in [-0.05, 0) is 24.8 Å². The number of hydrogen-bond donors (Lipinski definition) is 1. The first-order chi connectivity index (χ1) is 9.83. The van der Waals surface area contributed by atoms with E-state index >= 15 is 0 Å². The van der Waals surface area contributed by atoms with Crippen LogP contribution in [0.2, 0.25) is 0 Å². The van der Waals surface area contributed by atoms with Crippen molar-refractivity contribution in [3.63, 3.8) is 0 Å². The molecular weight excluding hydrogens is 379 g/mol. The second kappa shape index (κ2) is 7.77. The summed E-state index contributed by atoms with van der Waals surface area (Å²) in [5, 5.41) is 0. The molecule has 0 bridgehead atoms. The molecule has 7 heteroatoms. The maximum atomic E-state index is 6.09. The fourth-order valence-electron chi connectivity index (χ4n) is 2.59. The number of aromatic nitrogens is 2. The normalized spacial score (nSPS) is 19.9. The molecule has 3 rings (SSSR count). The zero-order valence-corrected chi connectivity index (χ0v) is 14.5. The van der Waals surface area contributed by atoms with Crippen molar-refractivity contribution < 1.29 is 0 Å². The van der Waals surface area contributed by atoms with Crippen molar-refractivity contribution in [1.82, 2.24) is 14.9 Å². The molecule has 1 aliphatic carbocycles. The Morgan fingerprint density at radius 2 is 1.86 bits per heavy atom. The van der Waals surface area contributed by atoms with E-state index in [-0.39, 0.29) is 24.0 Å². The molecule has 0 radical (unpaired) electrons. The second-order valence-corrected chi connectivity index (χ2v) is 5.52. The Morgan fingerprint density at radius 3 is 2.43 bits per heavy atom. The van der Waals surface area contributed by atoms with Crippen LogP contribution in [0.1, 0.15) is 19.3 Å². The molecule has 0 amide bonds. The van der Waals surface area contributed by atoms with Gasteiger partial charge in [-0.2, -0.15) is 0 Å². The average Bonchev–Trinajstić information content (AvgIpc) is 2.46. The molecule has 1 aliphatic heterocycles. The number of anilines is 1. The Labute approximate surface area is 142 Å². The van der Waals surface area contributed by atoms with Gasteiger partial charge in [0.25, 0.3) is 0 Å². The quantitative estimate of drug-likeness (QED) is 0.470. The van der Waals surface area contributed by atoms with Crippen molar-refractivity contribution in [3.05, 3.63) is 18.5 Å². The van der Waals surface area contributed by atoms with Crippen molar-refractivity contribution >= 4 is 35.9 Å². The molecule has 6 nitrogen and oxygen atoms in total. The number of hydrogen-bond acceptors (Lipinski definition) is 4. The number of piperazine rings is 1. The second-order valence-electron chi connectivity index (χ2n) is 5.52. The van der Waals surface area contributed by atoms with E-state index in [1.807, 2.05) is 6.07 Å². The molecule has 21 heavy (non-hydrogen) atoms. The maximum absolute atomic E-state index is 6.09. The van der Waals surface area contributed by atoms with Gasteiger partial charge in [-0.1, -0.05) is 6.42 Å². The van der Waals surface area contributed by atoms with Gasteiger partial charge >= 0.3 is 0 Å². The van der Waals surface area contributed by atoms with Gasteiger partial charge in [0.05, 0.1) is 0 Å². The third-order valence-corrected chi connectivity index (χ3v) is 4.17. The Morgan fingerprint density at radius 1 is 1.19 bits per heavy atom. The molecule has 2 fully saturated rings. The molecule has 0 unspecified atom stereocenters. The third-order valence-electron chi connectivity index (χ3n) is 4.17. The van der Waals surface area contributed by atoms with Crippen LogP contribution in [0.3, 0.4) is 0 Å². The first-order valence-electron chi connectivity index (χ1n) is 7.40. The van der Waals surface area contributed by atoms with E-state index in [1.165, 1.54) is 19.3 Å². The summed E-state index contributed by atoms with van der Waals surface area (Å²) in [4.78, 5) is 17.5. The minimum Gasteiger partial charge on any atom is -0.370 e. The molecule has 1 aromatic rings. The molecule has 2 heterocycles. The summed E-state index contributed by atoms with van der Waals surface area (Å²) in [6.45, 7) is 4.46. The topological polar surface area (TPSA) is 70.6 Å². The molecular formula is C14H23IN6. The molecule has 2 aliphatic rings. The molecule has 0 aromatic carbocycles. The highest BCUT2D eigenvalue weighted by atomic mass is 127. The molecule has 0 spiro atoms. The van der Waals surface area contributed by atoms with Gasteiger partial charge < -0.3 is 15.5 Å². The van der Waals surface area contributed by atoms with Crippen LogP contribution in [0.15, 0.2) is 23.5 Å². The van der Waals surface area contributed by atoms with E-state index in [4.69, 9.17) is 5.73 Å². The fourth-order valence-corrected chi connectivity index (χ4v) is 2.59. The van der Waals surface area contributed by atoms with E-state index in [0.717, 1.165) is 44.6 Å². The standard InChI is InChI=1S/C14H22N6.HI/c15-13(18-11-12-3-1-4-12)19-7-9-20(10-8-19)14-16-5-2-6-17-14;/h2,5-6,12H,1,3-4,7-11H2,(H2,15,18);1H. The predicted octanol–water partition coefficient (Wildman–Crippen LogP) is 1.33. The lowest BCUT2D eigenvalue weighted by Gasteiger charge is -2.35.